The summed E-state index contributed by atoms with van der Waals surface area (Å²) in [5, 5.41) is 2.95. The Labute approximate surface area is 91.1 Å². The molecule has 15 heavy (non-hydrogen) atoms. The number of anilines is 1. The van der Waals surface area contributed by atoms with Crippen LogP contribution in [0.4, 0.5) is 5.82 Å². The van der Waals surface area contributed by atoms with E-state index < -0.39 is 0 Å². The van der Waals surface area contributed by atoms with Crippen molar-refractivity contribution < 1.29 is 4.74 Å². The molecule has 84 valence electrons. The third-order valence-corrected chi connectivity index (χ3v) is 2.15. The summed E-state index contributed by atoms with van der Waals surface area (Å²) < 4.78 is 5.50. The summed E-state index contributed by atoms with van der Waals surface area (Å²) in [6.45, 7) is 2.94. The van der Waals surface area contributed by atoms with Crippen LogP contribution in [0.15, 0.2) is 12.4 Å². The SMILES string of the molecule is CCCCCCOc1cc(NC)ncn1. The van der Waals surface area contributed by atoms with E-state index in [9.17, 15) is 0 Å². The van der Waals surface area contributed by atoms with E-state index in [4.69, 9.17) is 4.74 Å². The third-order valence-electron chi connectivity index (χ3n) is 2.15. The number of hydrogen-bond donors (Lipinski definition) is 1. The highest BCUT2D eigenvalue weighted by Crippen LogP contribution is 2.10. The molecule has 0 spiro atoms. The van der Waals surface area contributed by atoms with E-state index in [1.807, 2.05) is 7.05 Å². The lowest BCUT2D eigenvalue weighted by Gasteiger charge is -2.05. The van der Waals surface area contributed by atoms with Gasteiger partial charge in [0.2, 0.25) is 5.88 Å². The van der Waals surface area contributed by atoms with Crippen LogP contribution >= 0.6 is 0 Å². The van der Waals surface area contributed by atoms with Crippen LogP contribution in [0.3, 0.4) is 0 Å². The lowest BCUT2D eigenvalue weighted by molar-refractivity contribution is 0.293. The Morgan fingerprint density at radius 2 is 2.13 bits per heavy atom. The molecule has 0 saturated heterocycles. The minimum absolute atomic E-state index is 0.644. The molecule has 0 aliphatic heterocycles. The van der Waals surface area contributed by atoms with Crippen LogP contribution in [0.5, 0.6) is 5.88 Å². The number of unbranched alkanes of at least 4 members (excludes halogenated alkanes) is 3. The predicted octanol–water partition coefficient (Wildman–Crippen LogP) is 2.48. The molecular weight excluding hydrogens is 190 g/mol. The minimum atomic E-state index is 0.644. The second-order valence-electron chi connectivity index (χ2n) is 3.40. The molecule has 1 N–H and O–H groups in total. The monoisotopic (exact) mass is 209 g/mol. The molecule has 1 aromatic heterocycles. The summed E-state index contributed by atoms with van der Waals surface area (Å²) in [6, 6.07) is 1.81. The maximum Gasteiger partial charge on any atom is 0.218 e. The van der Waals surface area contributed by atoms with Gasteiger partial charge in [-0.2, -0.15) is 0 Å². The van der Waals surface area contributed by atoms with Crippen LogP contribution in [-0.2, 0) is 0 Å². The first-order chi connectivity index (χ1) is 7.36. The molecule has 1 heterocycles. The number of aromatic nitrogens is 2. The largest absolute Gasteiger partial charge is 0.478 e. The quantitative estimate of drug-likeness (QED) is 0.701. The van der Waals surface area contributed by atoms with E-state index in [1.165, 1.54) is 25.6 Å². The Balaban J connectivity index is 2.24. The van der Waals surface area contributed by atoms with Crippen LogP contribution in [-0.4, -0.2) is 23.6 Å². The number of ether oxygens (including phenoxy) is 1. The van der Waals surface area contributed by atoms with Crippen molar-refractivity contribution in [1.82, 2.24) is 9.97 Å². The third kappa shape index (κ3) is 4.63. The molecule has 0 fully saturated rings. The first-order valence-corrected chi connectivity index (χ1v) is 5.49. The van der Waals surface area contributed by atoms with Crippen LogP contribution in [0.25, 0.3) is 0 Å². The molecule has 0 radical (unpaired) electrons. The van der Waals surface area contributed by atoms with Crippen molar-refractivity contribution in [2.75, 3.05) is 19.0 Å². The molecule has 1 rings (SSSR count). The van der Waals surface area contributed by atoms with E-state index in [1.54, 1.807) is 6.07 Å². The molecule has 0 atom stereocenters. The van der Waals surface area contributed by atoms with Crippen LogP contribution < -0.4 is 10.1 Å². The highest BCUT2D eigenvalue weighted by atomic mass is 16.5. The van der Waals surface area contributed by atoms with Gasteiger partial charge in [-0.05, 0) is 6.42 Å². The van der Waals surface area contributed by atoms with Crippen molar-refractivity contribution in [2.45, 2.75) is 32.6 Å². The highest BCUT2D eigenvalue weighted by molar-refractivity contribution is 5.35. The molecular formula is C11H19N3O. The van der Waals surface area contributed by atoms with Gasteiger partial charge in [-0.1, -0.05) is 26.2 Å². The van der Waals surface area contributed by atoms with Crippen molar-refractivity contribution in [3.8, 4) is 5.88 Å². The molecule has 0 saturated carbocycles. The fourth-order valence-electron chi connectivity index (χ4n) is 1.26. The Morgan fingerprint density at radius 3 is 2.87 bits per heavy atom. The topological polar surface area (TPSA) is 47.0 Å². The van der Waals surface area contributed by atoms with E-state index in [0.717, 1.165) is 18.8 Å². The van der Waals surface area contributed by atoms with Gasteiger partial charge >= 0.3 is 0 Å². The second-order valence-corrected chi connectivity index (χ2v) is 3.40. The molecule has 0 aliphatic rings. The fraction of sp³-hybridized carbons (Fsp3) is 0.636. The lowest BCUT2D eigenvalue weighted by Crippen LogP contribution is -2.01. The normalized spacial score (nSPS) is 10.0. The number of nitrogens with one attached hydrogen (secondary N) is 1. The number of rotatable bonds is 7. The van der Waals surface area contributed by atoms with Crippen molar-refractivity contribution in [3.05, 3.63) is 12.4 Å². The first-order valence-electron chi connectivity index (χ1n) is 5.49. The van der Waals surface area contributed by atoms with Crippen LogP contribution in [0, 0.1) is 0 Å². The lowest BCUT2D eigenvalue weighted by atomic mass is 10.2. The molecule has 4 nitrogen and oxygen atoms in total. The summed E-state index contributed by atoms with van der Waals surface area (Å²) in [5.41, 5.74) is 0. The zero-order chi connectivity index (χ0) is 10.9. The van der Waals surface area contributed by atoms with Gasteiger partial charge in [0.1, 0.15) is 12.1 Å². The predicted molar refractivity (Wildman–Crippen MR) is 61.2 cm³/mol. The zero-order valence-electron chi connectivity index (χ0n) is 9.49. The number of nitrogens with zero attached hydrogens (tertiary/aromatic N) is 2. The van der Waals surface area contributed by atoms with Gasteiger partial charge in [-0.25, -0.2) is 9.97 Å². The summed E-state index contributed by atoms with van der Waals surface area (Å²) in [5.74, 6) is 1.43. The maximum atomic E-state index is 5.50. The molecule has 0 aliphatic carbocycles. The Morgan fingerprint density at radius 1 is 1.27 bits per heavy atom. The van der Waals surface area contributed by atoms with E-state index >= 15 is 0 Å². The highest BCUT2D eigenvalue weighted by Gasteiger charge is 1.97. The summed E-state index contributed by atoms with van der Waals surface area (Å²) in [4.78, 5) is 8.05. The Kier molecular flexibility index (Phi) is 5.51. The summed E-state index contributed by atoms with van der Waals surface area (Å²) in [7, 11) is 1.83. The molecule has 0 bridgehead atoms. The van der Waals surface area contributed by atoms with Crippen molar-refractivity contribution in [3.63, 3.8) is 0 Å². The molecule has 4 heteroatoms. The van der Waals surface area contributed by atoms with Gasteiger partial charge in [0.05, 0.1) is 6.61 Å². The Bertz CT molecular complexity index is 278. The maximum absolute atomic E-state index is 5.50. The van der Waals surface area contributed by atoms with Gasteiger partial charge in [0, 0.05) is 13.1 Å². The van der Waals surface area contributed by atoms with Gasteiger partial charge in [-0.3, -0.25) is 0 Å². The number of hydrogen-bond acceptors (Lipinski definition) is 4. The second kappa shape index (κ2) is 7.04. The minimum Gasteiger partial charge on any atom is -0.478 e. The average molecular weight is 209 g/mol. The van der Waals surface area contributed by atoms with Crippen molar-refractivity contribution >= 4 is 5.82 Å². The molecule has 0 aromatic carbocycles. The summed E-state index contributed by atoms with van der Waals surface area (Å²) >= 11 is 0. The van der Waals surface area contributed by atoms with Gasteiger partial charge < -0.3 is 10.1 Å². The average Bonchev–Trinajstić information content (AvgIpc) is 2.29. The Hall–Kier alpha value is -1.32. The smallest absolute Gasteiger partial charge is 0.218 e. The van der Waals surface area contributed by atoms with Gasteiger partial charge in [0.25, 0.3) is 0 Å². The van der Waals surface area contributed by atoms with Crippen molar-refractivity contribution in [1.29, 1.82) is 0 Å². The fourth-order valence-corrected chi connectivity index (χ4v) is 1.26. The van der Waals surface area contributed by atoms with Crippen molar-refractivity contribution in [2.24, 2.45) is 0 Å². The standard InChI is InChI=1S/C11H19N3O/c1-3-4-5-6-7-15-11-8-10(12-2)13-9-14-11/h8-9H,3-7H2,1-2H3,(H,12,13,14). The molecule has 0 amide bonds. The van der Waals surface area contributed by atoms with Crippen LogP contribution in [0.1, 0.15) is 32.6 Å². The molecule has 0 unspecified atom stereocenters. The van der Waals surface area contributed by atoms with Crippen LogP contribution in [0.2, 0.25) is 0 Å². The van der Waals surface area contributed by atoms with E-state index in [2.05, 4.69) is 22.2 Å². The first kappa shape index (κ1) is 11.8. The summed E-state index contributed by atoms with van der Waals surface area (Å²) in [6.07, 6.45) is 6.34. The van der Waals surface area contributed by atoms with E-state index in [0.29, 0.717) is 5.88 Å². The van der Waals surface area contributed by atoms with E-state index in [-0.39, 0.29) is 0 Å². The molecule has 1 aromatic rings. The van der Waals surface area contributed by atoms with Gasteiger partial charge in [0.15, 0.2) is 0 Å². The zero-order valence-corrected chi connectivity index (χ0v) is 9.49. The van der Waals surface area contributed by atoms with Gasteiger partial charge in [-0.15, -0.1) is 0 Å².